The van der Waals surface area contributed by atoms with Crippen molar-refractivity contribution >= 4 is 28.1 Å². The third-order valence-electron chi connectivity index (χ3n) is 2.60. The number of nitrogen functional groups attached to an aromatic ring is 1. The second-order valence-corrected chi connectivity index (χ2v) is 7.65. The van der Waals surface area contributed by atoms with Crippen molar-refractivity contribution < 1.29 is 22.2 Å². The number of rotatable bonds is 3. The van der Waals surface area contributed by atoms with Crippen molar-refractivity contribution in [1.29, 1.82) is 0 Å². The fourth-order valence-corrected chi connectivity index (χ4v) is 2.12. The third-order valence-corrected chi connectivity index (χ3v) is 4.49. The largest absolute Gasteiger partial charge is 0.416 e. The molecular formula is C13H17F3N2O2S. The summed E-state index contributed by atoms with van der Waals surface area (Å²) < 4.78 is 48.7. The summed E-state index contributed by atoms with van der Waals surface area (Å²) in [7, 11) is -1.40. The van der Waals surface area contributed by atoms with E-state index in [1.165, 1.54) is 0 Å². The molecule has 0 spiro atoms. The van der Waals surface area contributed by atoms with E-state index in [4.69, 9.17) is 5.73 Å². The predicted octanol–water partition coefficient (Wildman–Crippen LogP) is 2.77. The van der Waals surface area contributed by atoms with E-state index >= 15 is 0 Å². The van der Waals surface area contributed by atoms with Gasteiger partial charge < -0.3 is 11.1 Å². The first kappa shape index (κ1) is 17.5. The topological polar surface area (TPSA) is 72.2 Å². The summed E-state index contributed by atoms with van der Waals surface area (Å²) in [5.74, 6) is -0.807. The summed E-state index contributed by atoms with van der Waals surface area (Å²) in [6.07, 6.45) is -4.50. The fourth-order valence-electron chi connectivity index (χ4n) is 1.37. The minimum absolute atomic E-state index is 0.0684. The maximum Gasteiger partial charge on any atom is 0.416 e. The van der Waals surface area contributed by atoms with Gasteiger partial charge in [0.2, 0.25) is 5.91 Å². The van der Waals surface area contributed by atoms with Gasteiger partial charge in [-0.2, -0.15) is 13.2 Å². The van der Waals surface area contributed by atoms with Crippen LogP contribution in [0.25, 0.3) is 0 Å². The van der Waals surface area contributed by atoms with Crippen LogP contribution in [0.15, 0.2) is 18.2 Å². The number of carbonyl (C=O) groups excluding carboxylic acids is 1. The number of benzene rings is 1. The Morgan fingerprint density at radius 3 is 2.29 bits per heavy atom. The van der Waals surface area contributed by atoms with Gasteiger partial charge in [-0.1, -0.05) is 0 Å². The maximum absolute atomic E-state index is 12.5. The van der Waals surface area contributed by atoms with E-state index in [1.807, 2.05) is 0 Å². The summed E-state index contributed by atoms with van der Waals surface area (Å²) in [5, 5.41) is 2.37. The van der Waals surface area contributed by atoms with E-state index in [9.17, 15) is 22.2 Å². The molecule has 0 bridgehead atoms. The Kier molecular flexibility index (Phi) is 5.03. The molecule has 0 aliphatic carbocycles. The van der Waals surface area contributed by atoms with E-state index in [1.54, 1.807) is 20.8 Å². The zero-order chi connectivity index (χ0) is 16.4. The molecule has 1 aromatic carbocycles. The number of carbonyl (C=O) groups is 1. The van der Waals surface area contributed by atoms with Crippen molar-refractivity contribution in [3.05, 3.63) is 23.8 Å². The van der Waals surface area contributed by atoms with Gasteiger partial charge in [-0.25, -0.2) is 0 Å². The number of amides is 1. The molecular weight excluding hydrogens is 305 g/mol. The normalized spacial score (nSPS) is 13.8. The lowest BCUT2D eigenvalue weighted by molar-refractivity contribution is -0.137. The van der Waals surface area contributed by atoms with Crippen molar-refractivity contribution in [2.75, 3.05) is 16.8 Å². The Labute approximate surface area is 123 Å². The van der Waals surface area contributed by atoms with Crippen molar-refractivity contribution in [3.8, 4) is 0 Å². The standard InChI is InChI=1S/C13H17F3N2O2S/c1-12(2,3)21(20)7-11(19)18-10-5-4-8(6-9(10)17)13(14,15)16/h4-6H,7,17H2,1-3H3,(H,18,19). The molecule has 0 heterocycles. The lowest BCUT2D eigenvalue weighted by atomic mass is 10.1. The molecule has 1 atom stereocenters. The summed E-state index contributed by atoms with van der Waals surface area (Å²) in [5.41, 5.74) is 4.47. The molecule has 0 radical (unpaired) electrons. The molecule has 0 aliphatic heterocycles. The summed E-state index contributed by atoms with van der Waals surface area (Å²) in [6, 6.07) is 2.65. The highest BCUT2D eigenvalue weighted by Crippen LogP contribution is 2.32. The monoisotopic (exact) mass is 322 g/mol. The van der Waals surface area contributed by atoms with E-state index in [0.29, 0.717) is 0 Å². The Balaban J connectivity index is 2.81. The number of halogens is 3. The van der Waals surface area contributed by atoms with Crippen molar-refractivity contribution in [1.82, 2.24) is 0 Å². The van der Waals surface area contributed by atoms with Gasteiger partial charge in [-0.05, 0) is 39.0 Å². The molecule has 21 heavy (non-hydrogen) atoms. The molecule has 0 saturated heterocycles. The van der Waals surface area contributed by atoms with Crippen LogP contribution in [0.2, 0.25) is 0 Å². The van der Waals surface area contributed by atoms with Gasteiger partial charge in [0.25, 0.3) is 0 Å². The molecule has 1 rings (SSSR count). The van der Waals surface area contributed by atoms with Gasteiger partial charge >= 0.3 is 6.18 Å². The lowest BCUT2D eigenvalue weighted by Crippen LogP contribution is -2.30. The SMILES string of the molecule is CC(C)(C)S(=O)CC(=O)Nc1ccc(C(F)(F)F)cc1N. The van der Waals surface area contributed by atoms with Crippen LogP contribution < -0.4 is 11.1 Å². The van der Waals surface area contributed by atoms with Crippen LogP contribution in [-0.4, -0.2) is 20.6 Å². The quantitative estimate of drug-likeness (QED) is 0.841. The molecule has 8 heteroatoms. The molecule has 1 amide bonds. The number of nitrogens with one attached hydrogen (secondary N) is 1. The van der Waals surface area contributed by atoms with E-state index in [2.05, 4.69) is 5.32 Å². The summed E-state index contributed by atoms with van der Waals surface area (Å²) >= 11 is 0. The molecule has 0 fully saturated rings. The van der Waals surface area contributed by atoms with Gasteiger partial charge in [0.1, 0.15) is 5.75 Å². The zero-order valence-electron chi connectivity index (χ0n) is 11.9. The highest BCUT2D eigenvalue weighted by Gasteiger charge is 2.31. The molecule has 0 saturated carbocycles. The third kappa shape index (κ3) is 5.04. The Morgan fingerprint density at radius 1 is 1.29 bits per heavy atom. The van der Waals surface area contributed by atoms with E-state index in [0.717, 1.165) is 18.2 Å². The second kappa shape index (κ2) is 6.05. The molecule has 3 N–H and O–H groups in total. The van der Waals surface area contributed by atoms with E-state index < -0.39 is 33.2 Å². The first-order chi connectivity index (χ1) is 9.41. The van der Waals surface area contributed by atoms with Crippen LogP contribution in [0.4, 0.5) is 24.5 Å². The number of hydrogen-bond donors (Lipinski definition) is 2. The van der Waals surface area contributed by atoms with Crippen LogP contribution >= 0.6 is 0 Å². The number of nitrogens with two attached hydrogens (primary N) is 1. The van der Waals surface area contributed by atoms with Crippen LogP contribution in [-0.2, 0) is 21.8 Å². The number of hydrogen-bond acceptors (Lipinski definition) is 3. The van der Waals surface area contributed by atoms with Crippen LogP contribution in [0.1, 0.15) is 26.3 Å². The lowest BCUT2D eigenvalue weighted by Gasteiger charge is -2.17. The first-order valence-electron chi connectivity index (χ1n) is 6.06. The van der Waals surface area contributed by atoms with Gasteiger partial charge in [-0.15, -0.1) is 0 Å². The predicted molar refractivity (Wildman–Crippen MR) is 77.2 cm³/mol. The smallest absolute Gasteiger partial charge is 0.397 e. The highest BCUT2D eigenvalue weighted by molar-refractivity contribution is 7.87. The molecule has 0 aromatic heterocycles. The molecule has 1 unspecified atom stereocenters. The molecule has 1 aromatic rings. The minimum Gasteiger partial charge on any atom is -0.397 e. The average molecular weight is 322 g/mol. The zero-order valence-corrected chi connectivity index (χ0v) is 12.7. The maximum atomic E-state index is 12.5. The van der Waals surface area contributed by atoms with Crippen LogP contribution in [0.3, 0.4) is 0 Å². The Bertz CT molecular complexity index is 566. The first-order valence-corrected chi connectivity index (χ1v) is 7.38. The average Bonchev–Trinajstić information content (AvgIpc) is 2.29. The van der Waals surface area contributed by atoms with Crippen molar-refractivity contribution in [3.63, 3.8) is 0 Å². The summed E-state index contributed by atoms with van der Waals surface area (Å²) in [4.78, 5) is 11.7. The van der Waals surface area contributed by atoms with Gasteiger partial charge in [-0.3, -0.25) is 9.00 Å². The Morgan fingerprint density at radius 2 is 1.86 bits per heavy atom. The minimum atomic E-state index is -4.50. The van der Waals surface area contributed by atoms with Crippen molar-refractivity contribution in [2.24, 2.45) is 0 Å². The Hall–Kier alpha value is -1.57. The summed E-state index contributed by atoms with van der Waals surface area (Å²) in [6.45, 7) is 5.18. The van der Waals surface area contributed by atoms with Gasteiger partial charge in [0.05, 0.1) is 16.9 Å². The molecule has 4 nitrogen and oxygen atoms in total. The number of alkyl halides is 3. The highest BCUT2D eigenvalue weighted by atomic mass is 32.2. The van der Waals surface area contributed by atoms with Crippen molar-refractivity contribution in [2.45, 2.75) is 31.7 Å². The second-order valence-electron chi connectivity index (χ2n) is 5.45. The fraction of sp³-hybridized carbons (Fsp3) is 0.462. The van der Waals surface area contributed by atoms with Gasteiger partial charge in [0.15, 0.2) is 0 Å². The van der Waals surface area contributed by atoms with E-state index in [-0.39, 0.29) is 17.1 Å². The van der Waals surface area contributed by atoms with Crippen LogP contribution in [0, 0.1) is 0 Å². The number of anilines is 2. The van der Waals surface area contributed by atoms with Crippen LogP contribution in [0.5, 0.6) is 0 Å². The molecule has 0 aliphatic rings. The molecule has 118 valence electrons. The van der Waals surface area contributed by atoms with Gasteiger partial charge in [0, 0.05) is 15.5 Å².